The molecule has 0 radical (unpaired) electrons. The fourth-order valence-electron chi connectivity index (χ4n) is 4.32. The van der Waals surface area contributed by atoms with Gasteiger partial charge in [-0.2, -0.15) is 0 Å². The van der Waals surface area contributed by atoms with E-state index in [0.29, 0.717) is 6.54 Å². The summed E-state index contributed by atoms with van der Waals surface area (Å²) >= 11 is 1.75. The van der Waals surface area contributed by atoms with Crippen LogP contribution in [-0.4, -0.2) is 41.2 Å². The van der Waals surface area contributed by atoms with Gasteiger partial charge in [0.25, 0.3) is 0 Å². The Morgan fingerprint density at radius 2 is 1.97 bits per heavy atom. The molecule has 0 unspecified atom stereocenters. The van der Waals surface area contributed by atoms with E-state index in [1.165, 1.54) is 17.7 Å². The number of amides is 2. The number of hydrogen-bond donors (Lipinski definition) is 1. The molecule has 2 aliphatic rings. The average Bonchev–Trinajstić information content (AvgIpc) is 3.43. The third-order valence-electron chi connectivity index (χ3n) is 5.79. The summed E-state index contributed by atoms with van der Waals surface area (Å²) in [7, 11) is 0. The number of benzene rings is 1. The predicted molar refractivity (Wildman–Crippen MR) is 116 cm³/mol. The van der Waals surface area contributed by atoms with Crippen molar-refractivity contribution >= 4 is 29.2 Å². The lowest BCUT2D eigenvalue weighted by molar-refractivity contribution is -0.130. The largest absolute Gasteiger partial charge is 0.354 e. The fourth-order valence-corrected chi connectivity index (χ4v) is 5.18. The molecule has 2 amide bonds. The maximum Gasteiger partial charge on any atom is 0.223 e. The Labute approximate surface area is 176 Å². The second-order valence-corrected chi connectivity index (χ2v) is 8.65. The average molecular weight is 410 g/mol. The van der Waals surface area contributed by atoms with Gasteiger partial charge in [-0.1, -0.05) is 30.3 Å². The number of carbonyl (C=O) groups excluding carboxylic acids is 2. The number of nitrogens with one attached hydrogen (secondary N) is 1. The van der Waals surface area contributed by atoms with Crippen molar-refractivity contribution in [3.63, 3.8) is 0 Å². The molecule has 2 aliphatic heterocycles. The molecule has 152 valence electrons. The minimum Gasteiger partial charge on any atom is -0.354 e. The van der Waals surface area contributed by atoms with Crippen LogP contribution in [0.4, 0.5) is 0 Å². The van der Waals surface area contributed by atoms with Crippen molar-refractivity contribution in [1.82, 2.24) is 15.1 Å². The summed E-state index contributed by atoms with van der Waals surface area (Å²) in [5, 5.41) is 5.24. The van der Waals surface area contributed by atoms with Crippen LogP contribution < -0.4 is 5.32 Å². The van der Waals surface area contributed by atoms with Crippen LogP contribution in [-0.2, 0) is 9.59 Å². The maximum absolute atomic E-state index is 12.9. The third-order valence-corrected chi connectivity index (χ3v) is 6.77. The number of hydrogen-bond acceptors (Lipinski definition) is 4. The lowest BCUT2D eigenvalue weighted by Gasteiger charge is -2.32. The third kappa shape index (κ3) is 4.43. The summed E-state index contributed by atoms with van der Waals surface area (Å²) in [6.45, 7) is 4.31. The molecule has 1 aromatic heterocycles. The molecule has 29 heavy (non-hydrogen) atoms. The fraction of sp³-hybridized carbons (Fsp3) is 0.391. The van der Waals surface area contributed by atoms with E-state index in [1.54, 1.807) is 29.4 Å². The molecule has 1 fully saturated rings. The van der Waals surface area contributed by atoms with Crippen molar-refractivity contribution in [3.8, 4) is 0 Å². The Morgan fingerprint density at radius 1 is 1.17 bits per heavy atom. The van der Waals surface area contributed by atoms with Gasteiger partial charge < -0.3 is 10.2 Å². The highest BCUT2D eigenvalue weighted by atomic mass is 32.1. The molecule has 0 bridgehead atoms. The molecule has 1 N–H and O–H groups in total. The van der Waals surface area contributed by atoms with Gasteiger partial charge in [0, 0.05) is 24.5 Å². The summed E-state index contributed by atoms with van der Waals surface area (Å²) in [5.74, 6) is -0.0748. The number of thiophene rings is 1. The monoisotopic (exact) mass is 409 g/mol. The molecule has 6 heteroatoms. The molecule has 0 saturated carbocycles. The van der Waals surface area contributed by atoms with Crippen molar-refractivity contribution in [2.24, 2.45) is 0 Å². The summed E-state index contributed by atoms with van der Waals surface area (Å²) in [4.78, 5) is 30.4. The van der Waals surface area contributed by atoms with Gasteiger partial charge in [-0.15, -0.1) is 11.3 Å². The summed E-state index contributed by atoms with van der Waals surface area (Å²) in [6.07, 6.45) is 6.42. The van der Waals surface area contributed by atoms with E-state index < -0.39 is 0 Å². The van der Waals surface area contributed by atoms with Gasteiger partial charge in [0.1, 0.15) is 0 Å². The standard InChI is InChI=1S/C23H27N3O2S/c1-17(27)26-13-10-18-7-2-3-8-19(18)20(26)15-23(28)24-16-21(22-9-6-14-29-22)25-11-4-5-12-25/h2-3,6-10,13-14,20-21H,4-5,11-12,15-16H2,1H3,(H,24,28)/t20-,21+/m0/s1. The number of nitrogens with zero attached hydrogens (tertiary/aromatic N) is 2. The molecule has 5 nitrogen and oxygen atoms in total. The van der Waals surface area contributed by atoms with Gasteiger partial charge in [-0.05, 0) is 54.6 Å². The van der Waals surface area contributed by atoms with E-state index in [9.17, 15) is 9.59 Å². The molecule has 2 aromatic rings. The summed E-state index contributed by atoms with van der Waals surface area (Å²) in [6, 6.07) is 12.2. The minimum absolute atomic E-state index is 0.0212. The molecular formula is C23H27N3O2S. The summed E-state index contributed by atoms with van der Waals surface area (Å²) < 4.78 is 0. The van der Waals surface area contributed by atoms with Crippen LogP contribution in [0.15, 0.2) is 48.0 Å². The van der Waals surface area contributed by atoms with Gasteiger partial charge in [0.15, 0.2) is 0 Å². The van der Waals surface area contributed by atoms with Gasteiger partial charge in [-0.3, -0.25) is 14.5 Å². The van der Waals surface area contributed by atoms with E-state index in [4.69, 9.17) is 0 Å². The first-order valence-corrected chi connectivity index (χ1v) is 11.1. The minimum atomic E-state index is -0.263. The highest BCUT2D eigenvalue weighted by molar-refractivity contribution is 7.10. The lowest BCUT2D eigenvalue weighted by Crippen LogP contribution is -2.39. The van der Waals surface area contributed by atoms with Crippen molar-refractivity contribution in [3.05, 3.63) is 64.0 Å². The van der Waals surface area contributed by atoms with Gasteiger partial charge in [0.2, 0.25) is 11.8 Å². The van der Waals surface area contributed by atoms with Gasteiger partial charge in [0.05, 0.1) is 18.5 Å². The lowest BCUT2D eigenvalue weighted by atomic mass is 9.93. The molecule has 1 saturated heterocycles. The normalized spacial score (nSPS) is 19.8. The zero-order chi connectivity index (χ0) is 20.2. The van der Waals surface area contributed by atoms with E-state index in [-0.39, 0.29) is 30.3 Å². The maximum atomic E-state index is 12.9. The van der Waals surface area contributed by atoms with E-state index in [0.717, 1.165) is 24.2 Å². The zero-order valence-electron chi connectivity index (χ0n) is 16.7. The van der Waals surface area contributed by atoms with Crippen LogP contribution in [0.3, 0.4) is 0 Å². The van der Waals surface area contributed by atoms with Crippen LogP contribution in [0.1, 0.15) is 54.3 Å². The molecule has 0 aliphatic carbocycles. The number of carbonyl (C=O) groups is 2. The Kier molecular flexibility index (Phi) is 6.11. The van der Waals surface area contributed by atoms with Gasteiger partial charge >= 0.3 is 0 Å². The second kappa shape index (κ2) is 8.93. The predicted octanol–water partition coefficient (Wildman–Crippen LogP) is 3.97. The first kappa shape index (κ1) is 19.9. The highest BCUT2D eigenvalue weighted by Crippen LogP contribution is 2.33. The first-order valence-electron chi connectivity index (χ1n) is 10.2. The molecule has 4 rings (SSSR count). The zero-order valence-corrected chi connectivity index (χ0v) is 17.5. The van der Waals surface area contributed by atoms with Crippen molar-refractivity contribution in [1.29, 1.82) is 0 Å². The molecular weight excluding hydrogens is 382 g/mol. The van der Waals surface area contributed by atoms with E-state index >= 15 is 0 Å². The van der Waals surface area contributed by atoms with Crippen LogP contribution in [0.2, 0.25) is 0 Å². The number of likely N-dealkylation sites (tertiary alicyclic amines) is 1. The summed E-state index contributed by atoms with van der Waals surface area (Å²) in [5.41, 5.74) is 2.09. The number of rotatable bonds is 6. The van der Waals surface area contributed by atoms with Crippen LogP contribution in [0.5, 0.6) is 0 Å². The van der Waals surface area contributed by atoms with Crippen LogP contribution in [0.25, 0.3) is 6.08 Å². The molecule has 0 spiro atoms. The van der Waals surface area contributed by atoms with Gasteiger partial charge in [-0.25, -0.2) is 0 Å². The Balaban J connectivity index is 1.45. The van der Waals surface area contributed by atoms with E-state index in [2.05, 4.69) is 27.7 Å². The second-order valence-electron chi connectivity index (χ2n) is 7.67. The molecule has 2 atom stereocenters. The SMILES string of the molecule is CC(=O)N1C=Cc2ccccc2[C@@H]1CC(=O)NC[C@H](c1cccs1)N1CCCC1. The van der Waals surface area contributed by atoms with Crippen molar-refractivity contribution in [2.45, 2.75) is 38.3 Å². The Bertz CT molecular complexity index is 887. The van der Waals surface area contributed by atoms with Crippen molar-refractivity contribution in [2.75, 3.05) is 19.6 Å². The smallest absolute Gasteiger partial charge is 0.223 e. The first-order chi connectivity index (χ1) is 14.1. The molecule has 3 heterocycles. The van der Waals surface area contributed by atoms with Crippen LogP contribution in [0, 0.1) is 0 Å². The quantitative estimate of drug-likeness (QED) is 0.786. The Hall–Kier alpha value is -2.44. The number of fused-ring (bicyclic) bond motifs is 1. The Morgan fingerprint density at radius 3 is 2.69 bits per heavy atom. The molecule has 1 aromatic carbocycles. The topological polar surface area (TPSA) is 52.7 Å². The highest BCUT2D eigenvalue weighted by Gasteiger charge is 2.29. The van der Waals surface area contributed by atoms with Crippen molar-refractivity contribution < 1.29 is 9.59 Å². The van der Waals surface area contributed by atoms with E-state index in [1.807, 2.05) is 30.3 Å². The van der Waals surface area contributed by atoms with Crippen LogP contribution >= 0.6 is 11.3 Å².